The summed E-state index contributed by atoms with van der Waals surface area (Å²) in [4.78, 5) is 38.3. The summed E-state index contributed by atoms with van der Waals surface area (Å²) < 4.78 is 7.43. The van der Waals surface area contributed by atoms with Crippen LogP contribution in [0.4, 0.5) is 5.69 Å². The van der Waals surface area contributed by atoms with E-state index in [2.05, 4.69) is 28.1 Å². The molecule has 1 heterocycles. The fraction of sp³-hybridized carbons (Fsp3) is 0.265. The van der Waals surface area contributed by atoms with Gasteiger partial charge in [-0.3, -0.25) is 14.4 Å². The Bertz CT molecular complexity index is 1610. The summed E-state index contributed by atoms with van der Waals surface area (Å²) in [6, 6.07) is 23.9. The molecule has 0 aliphatic heterocycles. The van der Waals surface area contributed by atoms with E-state index in [0.717, 1.165) is 49.1 Å². The maximum absolute atomic E-state index is 12.9. The van der Waals surface area contributed by atoms with Crippen molar-refractivity contribution in [1.82, 2.24) is 20.5 Å². The van der Waals surface area contributed by atoms with Crippen LogP contribution in [0.25, 0.3) is 16.9 Å². The van der Waals surface area contributed by atoms with Crippen LogP contribution in [-0.4, -0.2) is 46.4 Å². The lowest BCUT2D eigenvalue weighted by atomic mass is 9.95. The molecule has 0 atom stereocenters. The third kappa shape index (κ3) is 7.77. The molecule has 0 unspecified atom stereocenters. The number of hydrogen-bond donors (Lipinski definition) is 3. The molecule has 10 heteroatoms. The van der Waals surface area contributed by atoms with Crippen LogP contribution < -0.4 is 20.8 Å². The van der Waals surface area contributed by atoms with E-state index in [1.54, 1.807) is 35.1 Å². The Morgan fingerprint density at radius 3 is 2.41 bits per heavy atom. The molecule has 4 aromatic rings. The highest BCUT2D eigenvalue weighted by Crippen LogP contribution is 2.25. The van der Waals surface area contributed by atoms with E-state index in [9.17, 15) is 14.4 Å². The van der Waals surface area contributed by atoms with E-state index < -0.39 is 11.8 Å². The number of carbonyl (C=O) groups is 3. The number of benzene rings is 3. The zero-order valence-electron chi connectivity index (χ0n) is 24.7. The first-order chi connectivity index (χ1) is 21.5. The number of nitrogens with one attached hydrogen (secondary N) is 3. The van der Waals surface area contributed by atoms with E-state index in [1.807, 2.05) is 54.6 Å². The molecule has 0 bridgehead atoms. The molecule has 3 N–H and O–H groups in total. The molecule has 1 aromatic heterocycles. The number of anilines is 1. The lowest BCUT2D eigenvalue weighted by molar-refractivity contribution is -0.136. The minimum absolute atomic E-state index is 0.112. The van der Waals surface area contributed by atoms with E-state index in [0.29, 0.717) is 23.4 Å². The van der Waals surface area contributed by atoms with Gasteiger partial charge in [-0.1, -0.05) is 56.5 Å². The number of carbonyl (C=O) groups excluding carboxylic acids is 3. The minimum atomic E-state index is -0.974. The number of aromatic nitrogens is 2. The van der Waals surface area contributed by atoms with Crippen LogP contribution in [0.15, 0.2) is 90.2 Å². The van der Waals surface area contributed by atoms with Crippen molar-refractivity contribution in [2.75, 3.05) is 11.9 Å². The van der Waals surface area contributed by atoms with Gasteiger partial charge in [0.05, 0.1) is 29.8 Å². The molecule has 1 aliphatic rings. The van der Waals surface area contributed by atoms with Gasteiger partial charge in [-0.05, 0) is 67.8 Å². The van der Waals surface area contributed by atoms with Crippen molar-refractivity contribution in [1.29, 1.82) is 0 Å². The third-order valence-electron chi connectivity index (χ3n) is 7.30. The van der Waals surface area contributed by atoms with Gasteiger partial charge in [-0.2, -0.15) is 10.2 Å². The highest BCUT2D eigenvalue weighted by Gasteiger charge is 2.21. The van der Waals surface area contributed by atoms with Crippen LogP contribution in [0.3, 0.4) is 0 Å². The average molecular weight is 593 g/mol. The van der Waals surface area contributed by atoms with Crippen molar-refractivity contribution >= 4 is 29.6 Å². The number of hydrazone groups is 1. The van der Waals surface area contributed by atoms with Crippen molar-refractivity contribution in [2.45, 2.75) is 51.5 Å². The standard InChI is InChI=1S/C34H36N6O4/c1-2-21-44-28-19-17-24(18-20-28)31-25(23-40(39-31)27-13-7-4-8-14-27)22-35-38-34(43)33(42)37-30-16-10-9-15-29(30)32(41)36-26-11-5-3-6-12-26/h4,7-10,13-20,22-23,26H,2-3,5-6,11-12,21H2,1H3,(H,36,41)(H,37,42)(H,38,43)/b35-22+. The van der Waals surface area contributed by atoms with E-state index in [1.165, 1.54) is 12.6 Å². The fourth-order valence-corrected chi connectivity index (χ4v) is 5.04. The van der Waals surface area contributed by atoms with Gasteiger partial charge in [0.15, 0.2) is 0 Å². The van der Waals surface area contributed by atoms with Gasteiger partial charge in [0.25, 0.3) is 5.91 Å². The molecule has 0 spiro atoms. The lowest BCUT2D eigenvalue weighted by Crippen LogP contribution is -2.37. The van der Waals surface area contributed by atoms with Crippen LogP contribution in [0, 0.1) is 0 Å². The SMILES string of the molecule is CCCOc1ccc(-c2nn(-c3ccccc3)cc2/C=N/NC(=O)C(=O)Nc2ccccc2C(=O)NC2CCCCC2)cc1. The van der Waals surface area contributed by atoms with Gasteiger partial charge in [0.1, 0.15) is 11.4 Å². The molecule has 0 radical (unpaired) electrons. The number of rotatable bonds is 10. The summed E-state index contributed by atoms with van der Waals surface area (Å²) >= 11 is 0. The second kappa shape index (κ2) is 14.8. The maximum Gasteiger partial charge on any atom is 0.329 e. The molecule has 1 saturated carbocycles. The molecule has 226 valence electrons. The first-order valence-electron chi connectivity index (χ1n) is 14.9. The predicted octanol–water partition coefficient (Wildman–Crippen LogP) is 5.48. The van der Waals surface area contributed by atoms with E-state index in [-0.39, 0.29) is 17.6 Å². The first kappa shape index (κ1) is 30.2. The quantitative estimate of drug-likeness (QED) is 0.128. The van der Waals surface area contributed by atoms with Crippen molar-refractivity contribution in [3.05, 3.63) is 96.2 Å². The Kier molecular flexibility index (Phi) is 10.1. The molecule has 5 rings (SSSR count). The van der Waals surface area contributed by atoms with Crippen molar-refractivity contribution in [3.8, 4) is 22.7 Å². The van der Waals surface area contributed by atoms with Crippen LogP contribution in [-0.2, 0) is 9.59 Å². The van der Waals surface area contributed by atoms with E-state index >= 15 is 0 Å². The minimum Gasteiger partial charge on any atom is -0.494 e. The van der Waals surface area contributed by atoms with Gasteiger partial charge in [-0.25, -0.2) is 10.1 Å². The number of amides is 3. The monoisotopic (exact) mass is 592 g/mol. The van der Waals surface area contributed by atoms with Crippen LogP contribution in [0.2, 0.25) is 0 Å². The van der Waals surface area contributed by atoms with Crippen molar-refractivity contribution < 1.29 is 19.1 Å². The summed E-state index contributed by atoms with van der Waals surface area (Å²) in [5.74, 6) is -1.43. The Balaban J connectivity index is 1.28. The molecule has 44 heavy (non-hydrogen) atoms. The summed E-state index contributed by atoms with van der Waals surface area (Å²) in [6.45, 7) is 2.68. The van der Waals surface area contributed by atoms with E-state index in [4.69, 9.17) is 9.84 Å². The number of ether oxygens (including phenoxy) is 1. The van der Waals surface area contributed by atoms with Crippen LogP contribution >= 0.6 is 0 Å². The van der Waals surface area contributed by atoms with Gasteiger partial charge >= 0.3 is 11.8 Å². The molecule has 0 saturated heterocycles. The zero-order chi connectivity index (χ0) is 30.7. The molecular weight excluding hydrogens is 556 g/mol. The van der Waals surface area contributed by atoms with Gasteiger partial charge in [0, 0.05) is 23.4 Å². The first-order valence-corrected chi connectivity index (χ1v) is 14.9. The highest BCUT2D eigenvalue weighted by molar-refractivity contribution is 6.40. The lowest BCUT2D eigenvalue weighted by Gasteiger charge is -2.23. The maximum atomic E-state index is 12.9. The molecule has 3 amide bonds. The van der Waals surface area contributed by atoms with Gasteiger partial charge < -0.3 is 15.4 Å². The molecule has 3 aromatic carbocycles. The smallest absolute Gasteiger partial charge is 0.329 e. The van der Waals surface area contributed by atoms with Crippen LogP contribution in [0.1, 0.15) is 61.4 Å². The topological polar surface area (TPSA) is 127 Å². The second-order valence-electron chi connectivity index (χ2n) is 10.6. The molecule has 10 nitrogen and oxygen atoms in total. The number of hydrogen-bond acceptors (Lipinski definition) is 6. The van der Waals surface area contributed by atoms with Crippen LogP contribution in [0.5, 0.6) is 5.75 Å². The average Bonchev–Trinajstić information content (AvgIpc) is 3.49. The molecule has 1 fully saturated rings. The van der Waals surface area contributed by atoms with Crippen molar-refractivity contribution in [2.24, 2.45) is 5.10 Å². The summed E-state index contributed by atoms with van der Waals surface area (Å²) in [7, 11) is 0. The van der Waals surface area contributed by atoms with Crippen molar-refractivity contribution in [3.63, 3.8) is 0 Å². The molecule has 1 aliphatic carbocycles. The summed E-state index contributed by atoms with van der Waals surface area (Å²) in [6.07, 6.45) is 9.36. The second-order valence-corrected chi connectivity index (χ2v) is 10.6. The fourth-order valence-electron chi connectivity index (χ4n) is 5.04. The Morgan fingerprint density at radius 2 is 1.66 bits per heavy atom. The Hall–Kier alpha value is -5.25. The Morgan fingerprint density at radius 1 is 0.932 bits per heavy atom. The number of nitrogens with zero attached hydrogens (tertiary/aromatic N) is 3. The largest absolute Gasteiger partial charge is 0.494 e. The normalized spacial score (nSPS) is 13.4. The predicted molar refractivity (Wildman–Crippen MR) is 170 cm³/mol. The molecular formula is C34H36N6O4. The number of para-hydroxylation sites is 2. The third-order valence-corrected chi connectivity index (χ3v) is 7.30. The Labute approximate surface area is 256 Å². The summed E-state index contributed by atoms with van der Waals surface area (Å²) in [5.41, 5.74) is 5.78. The summed E-state index contributed by atoms with van der Waals surface area (Å²) in [5, 5.41) is 14.4. The zero-order valence-corrected chi connectivity index (χ0v) is 24.7. The van der Waals surface area contributed by atoms with Gasteiger partial charge in [-0.15, -0.1) is 0 Å². The van der Waals surface area contributed by atoms with Gasteiger partial charge in [0.2, 0.25) is 0 Å². The highest BCUT2D eigenvalue weighted by atomic mass is 16.5.